The van der Waals surface area contributed by atoms with Gasteiger partial charge in [-0.25, -0.2) is 12.8 Å². The van der Waals surface area contributed by atoms with Gasteiger partial charge in [0.25, 0.3) is 5.91 Å². The molecule has 7 nitrogen and oxygen atoms in total. The molecule has 0 aliphatic carbocycles. The van der Waals surface area contributed by atoms with E-state index in [4.69, 9.17) is 9.84 Å². The quantitative estimate of drug-likeness (QED) is 0.678. The summed E-state index contributed by atoms with van der Waals surface area (Å²) in [5, 5.41) is 9.02. The largest absolute Gasteiger partial charge is 0.490 e. The van der Waals surface area contributed by atoms with E-state index >= 15 is 0 Å². The third kappa shape index (κ3) is 5.58. The van der Waals surface area contributed by atoms with Crippen LogP contribution in [-0.4, -0.2) is 69.5 Å². The maximum Gasteiger partial charge on any atom is 0.257 e. The van der Waals surface area contributed by atoms with Gasteiger partial charge >= 0.3 is 0 Å². The van der Waals surface area contributed by atoms with E-state index in [2.05, 4.69) is 0 Å². The Morgan fingerprint density at radius 3 is 2.38 bits per heavy atom. The number of sulfone groups is 1. The molecule has 1 fully saturated rings. The number of carbonyl (C=O) groups is 1. The highest BCUT2D eigenvalue weighted by Gasteiger charge is 2.27. The highest BCUT2D eigenvalue weighted by molar-refractivity contribution is 7.90. The van der Waals surface area contributed by atoms with Crippen LogP contribution in [0.1, 0.15) is 29.8 Å². The van der Waals surface area contributed by atoms with Crippen molar-refractivity contribution >= 4 is 21.4 Å². The summed E-state index contributed by atoms with van der Waals surface area (Å²) < 4.78 is 44.3. The Kier molecular flexibility index (Phi) is 7.40. The lowest BCUT2D eigenvalue weighted by Crippen LogP contribution is -2.49. The smallest absolute Gasteiger partial charge is 0.257 e. The fourth-order valence-electron chi connectivity index (χ4n) is 3.68. The van der Waals surface area contributed by atoms with E-state index in [1.165, 1.54) is 24.3 Å². The molecule has 0 bridgehead atoms. The van der Waals surface area contributed by atoms with Crippen molar-refractivity contribution in [3.63, 3.8) is 0 Å². The highest BCUT2D eigenvalue weighted by Crippen LogP contribution is 2.27. The molecule has 0 saturated carbocycles. The van der Waals surface area contributed by atoms with E-state index in [0.29, 0.717) is 44.0 Å². The molecule has 0 unspecified atom stereocenters. The minimum Gasteiger partial charge on any atom is -0.490 e. The van der Waals surface area contributed by atoms with Crippen LogP contribution in [0.15, 0.2) is 41.3 Å². The van der Waals surface area contributed by atoms with E-state index < -0.39 is 9.84 Å². The monoisotopic (exact) mass is 464 g/mol. The highest BCUT2D eigenvalue weighted by atomic mass is 32.2. The SMILES string of the molecule is CC(C)Oc1ccc(S(C)(=O)=O)cc1C(=O)N1CCN(c2ccc(CCO)cc2F)CC1. The van der Waals surface area contributed by atoms with Crippen LogP contribution in [0.5, 0.6) is 5.75 Å². The predicted molar refractivity (Wildman–Crippen MR) is 121 cm³/mol. The zero-order chi connectivity index (χ0) is 23.5. The fraction of sp³-hybridized carbons (Fsp3) is 0.435. The second-order valence-corrected chi connectivity index (χ2v) is 10.2. The van der Waals surface area contributed by atoms with Crippen molar-refractivity contribution < 1.29 is 27.4 Å². The number of carbonyl (C=O) groups excluding carboxylic acids is 1. The minimum atomic E-state index is -3.48. The van der Waals surface area contributed by atoms with Crippen molar-refractivity contribution in [3.05, 3.63) is 53.3 Å². The number of nitrogens with zero attached hydrogens (tertiary/aromatic N) is 2. The lowest BCUT2D eigenvalue weighted by atomic mass is 10.1. The van der Waals surface area contributed by atoms with Gasteiger partial charge in [-0.1, -0.05) is 6.07 Å². The zero-order valence-electron chi connectivity index (χ0n) is 18.5. The predicted octanol–water partition coefficient (Wildman–Crippen LogP) is 2.51. The van der Waals surface area contributed by atoms with Crippen molar-refractivity contribution in [1.82, 2.24) is 4.90 Å². The number of piperazine rings is 1. The average Bonchev–Trinajstić information content (AvgIpc) is 2.73. The van der Waals surface area contributed by atoms with Crippen LogP contribution < -0.4 is 9.64 Å². The van der Waals surface area contributed by atoms with Crippen LogP contribution >= 0.6 is 0 Å². The Bertz CT molecular complexity index is 1080. The maximum atomic E-state index is 14.5. The molecule has 1 saturated heterocycles. The summed E-state index contributed by atoms with van der Waals surface area (Å²) in [6.07, 6.45) is 1.31. The molecular formula is C23H29FN2O5S. The van der Waals surface area contributed by atoms with Gasteiger partial charge in [0.15, 0.2) is 9.84 Å². The number of rotatable bonds is 7. The first kappa shape index (κ1) is 24.0. The van der Waals surface area contributed by atoms with Crippen LogP contribution in [0.2, 0.25) is 0 Å². The number of ether oxygens (including phenoxy) is 1. The van der Waals surface area contributed by atoms with E-state index in [1.807, 2.05) is 18.7 Å². The first-order chi connectivity index (χ1) is 15.1. The lowest BCUT2D eigenvalue weighted by molar-refractivity contribution is 0.0740. The molecule has 1 aliphatic rings. The normalized spacial score (nSPS) is 14.7. The molecule has 1 heterocycles. The number of amides is 1. The van der Waals surface area contributed by atoms with Gasteiger partial charge in [-0.15, -0.1) is 0 Å². The van der Waals surface area contributed by atoms with Crippen LogP contribution in [0.4, 0.5) is 10.1 Å². The first-order valence-corrected chi connectivity index (χ1v) is 12.4. The van der Waals surface area contributed by atoms with Gasteiger partial charge in [-0.2, -0.15) is 0 Å². The Hall–Kier alpha value is -2.65. The average molecular weight is 465 g/mol. The molecule has 2 aromatic carbocycles. The summed E-state index contributed by atoms with van der Waals surface area (Å²) >= 11 is 0. The molecule has 1 N–H and O–H groups in total. The number of halogens is 1. The zero-order valence-corrected chi connectivity index (χ0v) is 19.4. The molecule has 0 atom stereocenters. The summed E-state index contributed by atoms with van der Waals surface area (Å²) in [6.45, 7) is 5.22. The van der Waals surface area contributed by atoms with Gasteiger partial charge in [0.1, 0.15) is 11.6 Å². The van der Waals surface area contributed by atoms with Crippen molar-refractivity contribution in [2.75, 3.05) is 43.9 Å². The summed E-state index contributed by atoms with van der Waals surface area (Å²) in [6, 6.07) is 9.23. The summed E-state index contributed by atoms with van der Waals surface area (Å²) in [7, 11) is -3.48. The summed E-state index contributed by atoms with van der Waals surface area (Å²) in [5.74, 6) is -0.334. The summed E-state index contributed by atoms with van der Waals surface area (Å²) in [5.41, 5.74) is 1.39. The molecule has 9 heteroatoms. The second kappa shape index (κ2) is 9.87. The van der Waals surface area contributed by atoms with Crippen molar-refractivity contribution in [2.45, 2.75) is 31.3 Å². The number of aliphatic hydroxyl groups is 1. The van der Waals surface area contributed by atoms with E-state index in [9.17, 15) is 17.6 Å². The van der Waals surface area contributed by atoms with Gasteiger partial charge in [0.05, 0.1) is 22.3 Å². The summed E-state index contributed by atoms with van der Waals surface area (Å²) in [4.78, 5) is 16.8. The molecule has 32 heavy (non-hydrogen) atoms. The number of hydrogen-bond acceptors (Lipinski definition) is 6. The van der Waals surface area contributed by atoms with Crippen molar-refractivity contribution in [2.24, 2.45) is 0 Å². The molecule has 1 aliphatic heterocycles. The van der Waals surface area contributed by atoms with Gasteiger partial charge < -0.3 is 19.6 Å². The minimum absolute atomic E-state index is 0.0391. The van der Waals surface area contributed by atoms with Gasteiger partial charge in [-0.05, 0) is 56.2 Å². The van der Waals surface area contributed by atoms with E-state index in [0.717, 1.165) is 11.8 Å². The first-order valence-electron chi connectivity index (χ1n) is 10.5. The van der Waals surface area contributed by atoms with Crippen molar-refractivity contribution in [1.29, 1.82) is 0 Å². The number of aliphatic hydroxyl groups excluding tert-OH is 1. The Morgan fingerprint density at radius 1 is 1.12 bits per heavy atom. The van der Waals surface area contributed by atoms with E-state index in [-0.39, 0.29) is 34.9 Å². The molecule has 0 radical (unpaired) electrons. The number of benzene rings is 2. The van der Waals surface area contributed by atoms with Crippen LogP contribution in [-0.2, 0) is 16.3 Å². The Labute approximate surface area is 188 Å². The standard InChI is InChI=1S/C23H29FN2O5S/c1-16(2)31-22-7-5-18(32(3,29)30)15-19(22)23(28)26-11-9-25(10-12-26)21-6-4-17(8-13-27)14-20(21)24/h4-7,14-16,27H,8-13H2,1-3H3. The molecule has 2 aromatic rings. The third-order valence-electron chi connectivity index (χ3n) is 5.29. The second-order valence-electron chi connectivity index (χ2n) is 8.14. The third-order valence-corrected chi connectivity index (χ3v) is 6.40. The van der Waals surface area contributed by atoms with Gasteiger partial charge in [0, 0.05) is 39.0 Å². The number of anilines is 1. The van der Waals surface area contributed by atoms with E-state index in [1.54, 1.807) is 17.0 Å². The fourth-order valence-corrected chi connectivity index (χ4v) is 4.32. The van der Waals surface area contributed by atoms with Gasteiger partial charge in [-0.3, -0.25) is 4.79 Å². The molecular weight excluding hydrogens is 435 g/mol. The van der Waals surface area contributed by atoms with Gasteiger partial charge in [0.2, 0.25) is 0 Å². The van der Waals surface area contributed by atoms with Crippen LogP contribution in [0.25, 0.3) is 0 Å². The van der Waals surface area contributed by atoms with Crippen LogP contribution in [0.3, 0.4) is 0 Å². The Morgan fingerprint density at radius 2 is 1.81 bits per heavy atom. The van der Waals surface area contributed by atoms with Crippen molar-refractivity contribution in [3.8, 4) is 5.75 Å². The lowest BCUT2D eigenvalue weighted by Gasteiger charge is -2.36. The molecule has 0 spiro atoms. The topological polar surface area (TPSA) is 87.2 Å². The Balaban J connectivity index is 1.78. The van der Waals surface area contributed by atoms with Crippen LogP contribution in [0, 0.1) is 5.82 Å². The molecule has 3 rings (SSSR count). The molecule has 174 valence electrons. The number of hydrogen-bond donors (Lipinski definition) is 1. The molecule has 0 aromatic heterocycles. The molecule has 1 amide bonds. The maximum absolute atomic E-state index is 14.5.